The van der Waals surface area contributed by atoms with Crippen LogP contribution in [-0.2, 0) is 29.5 Å². The average molecular weight is 1450 g/mol. The molecule has 3 saturated heterocycles. The number of aryl methyl sites for hydroxylation is 1. The standard InChI is InChI=1S/C29H35N3O4.C28H29ClN2O5.C23H18ClF3N2O2.H2/c1-5-32-27-22-8-6-7-9-24(22)36-29(23(27)19-30-32)13-15-31(16-14-29)28(33)21-10-11-25(26(18-21)34-4)35-17-12-20(2)3;1-34-25-15-18(4-9-23(25)35-21-7-6-20(32)17-21)27(33)30-13-10-28(11-14-30)26-3-2-12-31(26)22-8-5-19(29)16-24(22)36-28;24-17-6-7-18-19(14-17)31-22(20-5-2-10-29(18)20)8-11-28(12-9-22)21(30)15-3-1-4-16(13-15)23(25,26)27;/h6-11,18-20H,5,12-17H2,1-4H3;2-5,8-9,12,15-16,20-21,32H,6-7,10-11,13-14,17H2,1H3;1-7,10,13-14H,8-9,11-12H2;1H. The molecule has 16 rings (SSSR count). The molecule has 2 atom stereocenters. The van der Waals surface area contributed by atoms with Crippen molar-refractivity contribution in [2.24, 2.45) is 5.92 Å². The van der Waals surface area contributed by atoms with Crippen LogP contribution in [0.25, 0.3) is 22.6 Å². The van der Waals surface area contributed by atoms with Gasteiger partial charge in [0, 0.05) is 155 Å². The molecule has 3 spiro atoms. The highest BCUT2D eigenvalue weighted by Gasteiger charge is 2.49. The van der Waals surface area contributed by atoms with E-state index in [-0.39, 0.29) is 31.0 Å². The highest BCUT2D eigenvalue weighted by molar-refractivity contribution is 6.31. The fourth-order valence-corrected chi connectivity index (χ4v) is 15.7. The third-order valence-corrected chi connectivity index (χ3v) is 21.4. The number of ether oxygens (including phenoxy) is 7. The summed E-state index contributed by atoms with van der Waals surface area (Å²) in [5, 5.41) is 15.6. The van der Waals surface area contributed by atoms with E-state index in [9.17, 15) is 32.7 Å². The van der Waals surface area contributed by atoms with E-state index in [4.69, 9.17) is 56.4 Å². The lowest BCUT2D eigenvalue weighted by Crippen LogP contribution is -2.50. The van der Waals surface area contributed by atoms with Crippen LogP contribution in [0.5, 0.6) is 40.2 Å². The number of fused-ring (bicyclic) bond motifs is 12. The number of amides is 3. The second-order valence-corrected chi connectivity index (χ2v) is 28.6. The molecule has 6 aliphatic heterocycles. The molecule has 18 nitrogen and oxygen atoms in total. The molecule has 3 aromatic heterocycles. The minimum atomic E-state index is -4.49. The van der Waals surface area contributed by atoms with Crippen molar-refractivity contribution in [2.75, 3.05) is 60.1 Å². The van der Waals surface area contributed by atoms with Gasteiger partial charge in [-0.15, -0.1) is 0 Å². The minimum Gasteiger partial charge on any atom is -0.493 e. The van der Waals surface area contributed by atoms with Crippen LogP contribution in [0.1, 0.15) is 140 Å². The predicted octanol–water partition coefficient (Wildman–Crippen LogP) is 16.4. The van der Waals surface area contributed by atoms with E-state index in [1.165, 1.54) is 12.1 Å². The Hall–Kier alpha value is -9.57. The summed E-state index contributed by atoms with van der Waals surface area (Å²) in [4.78, 5) is 45.1. The molecule has 1 aliphatic carbocycles. The second-order valence-electron chi connectivity index (χ2n) is 27.7. The number of aromatic nitrogens is 4. The number of hydrogen-bond donors (Lipinski definition) is 1. The molecule has 9 heterocycles. The molecule has 9 aromatic rings. The molecular formula is C80H84Cl2F3N7O11. The van der Waals surface area contributed by atoms with Crippen LogP contribution >= 0.6 is 23.2 Å². The van der Waals surface area contributed by atoms with E-state index < -0.39 is 34.5 Å². The quantitative estimate of drug-likeness (QED) is 0.123. The number of rotatable bonds is 12. The molecule has 103 heavy (non-hydrogen) atoms. The van der Waals surface area contributed by atoms with Crippen molar-refractivity contribution in [3.8, 4) is 62.9 Å². The molecule has 1 N–H and O–H groups in total. The van der Waals surface area contributed by atoms with Gasteiger partial charge in [0.05, 0.1) is 67.1 Å². The van der Waals surface area contributed by atoms with Gasteiger partial charge in [0.2, 0.25) is 0 Å². The van der Waals surface area contributed by atoms with Crippen molar-refractivity contribution in [2.45, 2.75) is 127 Å². The van der Waals surface area contributed by atoms with Gasteiger partial charge in [0.15, 0.2) is 34.2 Å². The number of para-hydroxylation sites is 1. The lowest BCUT2D eigenvalue weighted by molar-refractivity contribution is -0.137. The Kier molecular flexibility index (Phi) is 19.8. The highest BCUT2D eigenvalue weighted by atomic mass is 35.5. The van der Waals surface area contributed by atoms with E-state index in [2.05, 4.69) is 47.1 Å². The van der Waals surface area contributed by atoms with Crippen LogP contribution in [0.3, 0.4) is 0 Å². The number of aliphatic hydroxyl groups excluding tert-OH is 1. The summed E-state index contributed by atoms with van der Waals surface area (Å²) in [5.74, 6) is 4.82. The van der Waals surface area contributed by atoms with Crippen LogP contribution < -0.4 is 33.2 Å². The third-order valence-electron chi connectivity index (χ3n) is 20.9. The number of carbonyl (C=O) groups is 3. The van der Waals surface area contributed by atoms with E-state index in [1.54, 1.807) is 49.5 Å². The Morgan fingerprint density at radius 2 is 1.12 bits per heavy atom. The first kappa shape index (κ1) is 70.5. The number of aliphatic hydroxyl groups is 1. The molecule has 0 radical (unpaired) electrons. The van der Waals surface area contributed by atoms with E-state index >= 15 is 0 Å². The summed E-state index contributed by atoms with van der Waals surface area (Å²) >= 11 is 12.4. The van der Waals surface area contributed by atoms with Gasteiger partial charge in [0.25, 0.3) is 17.7 Å². The number of piperidine rings is 3. The van der Waals surface area contributed by atoms with Gasteiger partial charge in [-0.2, -0.15) is 18.3 Å². The van der Waals surface area contributed by atoms with Crippen molar-refractivity contribution in [3.05, 3.63) is 213 Å². The third kappa shape index (κ3) is 14.0. The van der Waals surface area contributed by atoms with Crippen molar-refractivity contribution >= 4 is 40.9 Å². The van der Waals surface area contributed by atoms with E-state index in [0.29, 0.717) is 147 Å². The topological polar surface area (TPSA) is 173 Å². The fraction of sp³-hybridized carbons (Fsp3) is 0.375. The zero-order valence-electron chi connectivity index (χ0n) is 58.1. The van der Waals surface area contributed by atoms with Crippen molar-refractivity contribution in [3.63, 3.8) is 0 Å². The van der Waals surface area contributed by atoms with Crippen LogP contribution in [0.4, 0.5) is 13.2 Å². The SMILES string of the molecule is CCn1ncc2c1-c1ccccc1OC21CCN(C(=O)c2ccc(OCCC(C)C)c(OC)c2)CC1.COc1cc(C(=O)N2CCC3(CC2)Oc2cc(Cl)ccc2-n2cccc23)ccc1OC1CCC(O)C1.O=C(c1cccc(C(F)(F)F)c1)N1CCC2(CC1)Oc1cc(Cl)ccc1-n1cccc12.[HH]. The summed E-state index contributed by atoms with van der Waals surface area (Å²) in [6.07, 6.45) is 8.07. The molecular weight excluding hydrogens is 1360 g/mol. The normalized spacial score (nSPS) is 18.4. The van der Waals surface area contributed by atoms with Gasteiger partial charge >= 0.3 is 6.18 Å². The maximum Gasteiger partial charge on any atom is 0.416 e. The van der Waals surface area contributed by atoms with Crippen LogP contribution in [-0.4, -0.2) is 129 Å². The lowest BCUT2D eigenvalue weighted by atomic mass is 9.81. The van der Waals surface area contributed by atoms with Gasteiger partial charge < -0.3 is 62.1 Å². The lowest BCUT2D eigenvalue weighted by Gasteiger charge is -2.45. The predicted molar refractivity (Wildman–Crippen MR) is 386 cm³/mol. The number of carbonyl (C=O) groups excluding carboxylic acids is 3. The van der Waals surface area contributed by atoms with Crippen molar-refractivity contribution in [1.29, 1.82) is 0 Å². The number of nitrogens with zero attached hydrogens (tertiary/aromatic N) is 7. The molecule has 6 aromatic carbocycles. The molecule has 7 aliphatic rings. The zero-order valence-corrected chi connectivity index (χ0v) is 59.6. The molecule has 2 unspecified atom stereocenters. The Morgan fingerprint density at radius 1 is 0.602 bits per heavy atom. The number of likely N-dealkylation sites (tertiary alicyclic amines) is 3. The number of methoxy groups -OCH3 is 2. The van der Waals surface area contributed by atoms with E-state index in [1.807, 2.05) is 112 Å². The number of halogens is 5. The largest absolute Gasteiger partial charge is 0.493 e. The van der Waals surface area contributed by atoms with Gasteiger partial charge in [-0.05, 0) is 147 Å². The maximum atomic E-state index is 13.4. The van der Waals surface area contributed by atoms with E-state index in [0.717, 1.165) is 89.0 Å². The second kappa shape index (κ2) is 28.9. The molecule has 4 fully saturated rings. The fourth-order valence-electron chi connectivity index (χ4n) is 15.4. The number of hydrogen-bond acceptors (Lipinski definition) is 12. The Morgan fingerprint density at radius 3 is 1.63 bits per heavy atom. The smallest absolute Gasteiger partial charge is 0.416 e. The molecule has 23 heteroatoms. The minimum absolute atomic E-state index is 0. The summed E-state index contributed by atoms with van der Waals surface area (Å²) < 4.78 is 88.0. The maximum absolute atomic E-state index is 13.4. The molecule has 3 amide bonds. The van der Waals surface area contributed by atoms with Gasteiger partial charge in [0.1, 0.15) is 29.0 Å². The Labute approximate surface area is 607 Å². The van der Waals surface area contributed by atoms with Gasteiger partial charge in [-0.3, -0.25) is 19.1 Å². The summed E-state index contributed by atoms with van der Waals surface area (Å²) in [7, 11) is 3.18. The first-order chi connectivity index (χ1) is 49.7. The highest BCUT2D eigenvalue weighted by Crippen LogP contribution is 2.52. The Balaban J connectivity index is 0.000000138. The monoisotopic (exact) mass is 1450 g/mol. The van der Waals surface area contributed by atoms with Crippen molar-refractivity contribution in [1.82, 2.24) is 33.6 Å². The Bertz CT molecular complexity index is 4630. The first-order valence-corrected chi connectivity index (χ1v) is 36.0. The van der Waals surface area contributed by atoms with Crippen LogP contribution in [0.15, 0.2) is 164 Å². The summed E-state index contributed by atoms with van der Waals surface area (Å²) in [6, 6.07) is 42.8. The van der Waals surface area contributed by atoms with Gasteiger partial charge in [-0.25, -0.2) is 0 Å². The zero-order chi connectivity index (χ0) is 72.0. The van der Waals surface area contributed by atoms with Gasteiger partial charge in [-0.1, -0.05) is 55.2 Å². The summed E-state index contributed by atoms with van der Waals surface area (Å²) in [6.45, 7) is 10.9. The molecule has 540 valence electrons. The number of benzene rings is 6. The molecule has 1 saturated carbocycles. The average Bonchev–Trinajstić information content (AvgIpc) is 1.51. The summed E-state index contributed by atoms with van der Waals surface area (Å²) in [5.41, 5.74) is 6.10. The van der Waals surface area contributed by atoms with Crippen LogP contribution in [0.2, 0.25) is 10.0 Å². The molecule has 0 bridgehead atoms. The van der Waals surface area contributed by atoms with Crippen molar-refractivity contribution < 1.29 is 67.2 Å². The van der Waals surface area contributed by atoms with Crippen LogP contribution in [0, 0.1) is 5.92 Å². The first-order valence-electron chi connectivity index (χ1n) is 35.2. The number of alkyl halides is 3.